The van der Waals surface area contributed by atoms with E-state index in [1.165, 1.54) is 11.3 Å². The second-order valence-electron chi connectivity index (χ2n) is 4.44. The van der Waals surface area contributed by atoms with Gasteiger partial charge in [0.1, 0.15) is 0 Å². The first-order valence-corrected chi connectivity index (χ1v) is 6.37. The summed E-state index contributed by atoms with van der Waals surface area (Å²) in [5, 5.41) is 3.38. The van der Waals surface area contributed by atoms with Crippen LogP contribution in [0.15, 0.2) is 24.4 Å². The highest BCUT2D eigenvalue weighted by Crippen LogP contribution is 2.22. The Morgan fingerprint density at radius 2 is 2.29 bits per heavy atom. The molecular weight excluding hydrogens is 210 g/mol. The summed E-state index contributed by atoms with van der Waals surface area (Å²) in [6.45, 7) is 8.21. The van der Waals surface area contributed by atoms with E-state index in [2.05, 4.69) is 47.3 Å². The second-order valence-corrected chi connectivity index (χ2v) is 4.44. The highest BCUT2D eigenvalue weighted by molar-refractivity contribution is 5.54. The minimum absolute atomic E-state index is 0.902. The third-order valence-electron chi connectivity index (χ3n) is 3.06. The molecule has 0 fully saturated rings. The topological polar surface area (TPSA) is 28.2 Å². The summed E-state index contributed by atoms with van der Waals surface area (Å²) in [6.07, 6.45) is 7.65. The largest absolute Gasteiger partial charge is 0.367 e. The molecular formula is C14H21N3. The zero-order valence-corrected chi connectivity index (χ0v) is 10.7. The maximum atomic E-state index is 4.40. The molecule has 1 aromatic heterocycles. The molecule has 0 aromatic carbocycles. The van der Waals surface area contributed by atoms with Crippen LogP contribution in [0.2, 0.25) is 0 Å². The number of rotatable bonds is 4. The van der Waals surface area contributed by atoms with Crippen LogP contribution in [0.1, 0.15) is 24.6 Å². The highest BCUT2D eigenvalue weighted by atomic mass is 15.1. The number of aryl methyl sites for hydroxylation is 1. The SMILES string of the molecule is CCNCc1cnc(C)cc1N1CC=CCC1. The van der Waals surface area contributed by atoms with Gasteiger partial charge in [-0.15, -0.1) is 0 Å². The fraction of sp³-hybridized carbons (Fsp3) is 0.500. The van der Waals surface area contributed by atoms with Gasteiger partial charge in [-0.1, -0.05) is 19.1 Å². The van der Waals surface area contributed by atoms with Crippen molar-refractivity contribution in [1.82, 2.24) is 10.3 Å². The molecule has 0 amide bonds. The van der Waals surface area contributed by atoms with Gasteiger partial charge in [0.25, 0.3) is 0 Å². The van der Waals surface area contributed by atoms with Crippen LogP contribution in [0, 0.1) is 6.92 Å². The lowest BCUT2D eigenvalue weighted by Crippen LogP contribution is -2.28. The summed E-state index contributed by atoms with van der Waals surface area (Å²) in [4.78, 5) is 6.83. The Morgan fingerprint density at radius 3 is 3.00 bits per heavy atom. The quantitative estimate of drug-likeness (QED) is 0.806. The van der Waals surface area contributed by atoms with E-state index in [0.29, 0.717) is 0 Å². The van der Waals surface area contributed by atoms with Gasteiger partial charge in [-0.25, -0.2) is 0 Å². The fourth-order valence-electron chi connectivity index (χ4n) is 2.12. The fourth-order valence-corrected chi connectivity index (χ4v) is 2.12. The van der Waals surface area contributed by atoms with Crippen LogP contribution in [-0.4, -0.2) is 24.6 Å². The van der Waals surface area contributed by atoms with E-state index in [9.17, 15) is 0 Å². The molecule has 1 aromatic rings. The van der Waals surface area contributed by atoms with Crippen molar-refractivity contribution in [3.05, 3.63) is 35.7 Å². The van der Waals surface area contributed by atoms with Crippen LogP contribution in [0.5, 0.6) is 0 Å². The third kappa shape index (κ3) is 3.07. The minimum atomic E-state index is 0.902. The predicted octanol–water partition coefficient (Wildman–Crippen LogP) is 2.27. The lowest BCUT2D eigenvalue weighted by molar-refractivity contribution is 0.715. The summed E-state index contributed by atoms with van der Waals surface area (Å²) >= 11 is 0. The van der Waals surface area contributed by atoms with Crippen molar-refractivity contribution in [2.45, 2.75) is 26.8 Å². The first-order valence-electron chi connectivity index (χ1n) is 6.37. The molecule has 2 heterocycles. The van der Waals surface area contributed by atoms with E-state index in [0.717, 1.165) is 38.3 Å². The number of anilines is 1. The van der Waals surface area contributed by atoms with E-state index in [-0.39, 0.29) is 0 Å². The van der Waals surface area contributed by atoms with Crippen molar-refractivity contribution < 1.29 is 0 Å². The zero-order chi connectivity index (χ0) is 12.1. The number of aromatic nitrogens is 1. The van der Waals surface area contributed by atoms with Gasteiger partial charge in [0.2, 0.25) is 0 Å². The van der Waals surface area contributed by atoms with Crippen molar-refractivity contribution >= 4 is 5.69 Å². The summed E-state index contributed by atoms with van der Waals surface area (Å²) in [6, 6.07) is 2.20. The molecule has 1 aliphatic rings. The smallest absolute Gasteiger partial charge is 0.0448 e. The molecule has 0 saturated heterocycles. The molecule has 92 valence electrons. The van der Waals surface area contributed by atoms with Crippen molar-refractivity contribution in [3.8, 4) is 0 Å². The molecule has 3 nitrogen and oxygen atoms in total. The lowest BCUT2D eigenvalue weighted by Gasteiger charge is -2.28. The summed E-state index contributed by atoms with van der Waals surface area (Å²) in [7, 11) is 0. The van der Waals surface area contributed by atoms with Crippen LogP contribution in [-0.2, 0) is 6.54 Å². The predicted molar refractivity (Wildman–Crippen MR) is 72.3 cm³/mol. The standard InChI is InChI=1S/C14H21N3/c1-3-15-10-13-11-16-12(2)9-14(13)17-7-5-4-6-8-17/h4-5,9,11,15H,3,6-8,10H2,1-2H3. The Labute approximate surface area is 104 Å². The molecule has 2 rings (SSSR count). The van der Waals surface area contributed by atoms with Gasteiger partial charge in [0, 0.05) is 42.8 Å². The number of hydrogen-bond acceptors (Lipinski definition) is 3. The van der Waals surface area contributed by atoms with Crippen LogP contribution in [0.4, 0.5) is 5.69 Å². The van der Waals surface area contributed by atoms with Gasteiger partial charge < -0.3 is 10.2 Å². The Morgan fingerprint density at radius 1 is 1.41 bits per heavy atom. The second kappa shape index (κ2) is 5.82. The molecule has 1 N–H and O–H groups in total. The zero-order valence-electron chi connectivity index (χ0n) is 10.7. The number of nitrogens with one attached hydrogen (secondary N) is 1. The van der Waals surface area contributed by atoms with Gasteiger partial charge >= 0.3 is 0 Å². The van der Waals surface area contributed by atoms with Crippen LogP contribution < -0.4 is 10.2 Å². The van der Waals surface area contributed by atoms with Gasteiger partial charge in [-0.05, 0) is 26.0 Å². The third-order valence-corrected chi connectivity index (χ3v) is 3.06. The van der Waals surface area contributed by atoms with E-state index in [1.807, 2.05) is 6.20 Å². The maximum absolute atomic E-state index is 4.40. The van der Waals surface area contributed by atoms with E-state index < -0.39 is 0 Å². The molecule has 17 heavy (non-hydrogen) atoms. The summed E-state index contributed by atoms with van der Waals surface area (Å²) in [5.74, 6) is 0. The molecule has 1 aliphatic heterocycles. The Balaban J connectivity index is 2.22. The molecule has 0 aliphatic carbocycles. The van der Waals surface area contributed by atoms with E-state index >= 15 is 0 Å². The molecule has 0 radical (unpaired) electrons. The average Bonchev–Trinajstić information content (AvgIpc) is 2.38. The molecule has 0 bridgehead atoms. The van der Waals surface area contributed by atoms with E-state index in [1.54, 1.807) is 0 Å². The molecule has 3 heteroatoms. The molecule has 0 spiro atoms. The van der Waals surface area contributed by atoms with Crippen molar-refractivity contribution in [3.63, 3.8) is 0 Å². The van der Waals surface area contributed by atoms with Crippen LogP contribution >= 0.6 is 0 Å². The Bertz CT molecular complexity index is 398. The Hall–Kier alpha value is -1.35. The molecule has 0 saturated carbocycles. The van der Waals surface area contributed by atoms with Gasteiger partial charge in [0.15, 0.2) is 0 Å². The minimum Gasteiger partial charge on any atom is -0.367 e. The monoisotopic (exact) mass is 231 g/mol. The summed E-state index contributed by atoms with van der Waals surface area (Å²) in [5.41, 5.74) is 3.73. The average molecular weight is 231 g/mol. The summed E-state index contributed by atoms with van der Waals surface area (Å²) < 4.78 is 0. The number of hydrogen-bond donors (Lipinski definition) is 1. The van der Waals surface area contributed by atoms with Gasteiger partial charge in [-0.2, -0.15) is 0 Å². The van der Waals surface area contributed by atoms with Crippen molar-refractivity contribution in [2.24, 2.45) is 0 Å². The van der Waals surface area contributed by atoms with Gasteiger partial charge in [-0.3, -0.25) is 4.98 Å². The number of pyridine rings is 1. The first-order chi connectivity index (χ1) is 8.31. The first kappa shape index (κ1) is 12.1. The number of nitrogens with zero attached hydrogens (tertiary/aromatic N) is 2. The van der Waals surface area contributed by atoms with Gasteiger partial charge in [0.05, 0.1) is 0 Å². The molecule has 0 atom stereocenters. The van der Waals surface area contributed by atoms with Crippen LogP contribution in [0.25, 0.3) is 0 Å². The van der Waals surface area contributed by atoms with Crippen molar-refractivity contribution in [1.29, 1.82) is 0 Å². The van der Waals surface area contributed by atoms with E-state index in [4.69, 9.17) is 0 Å². The normalized spacial score (nSPS) is 15.3. The Kier molecular flexibility index (Phi) is 4.15. The van der Waals surface area contributed by atoms with Crippen LogP contribution in [0.3, 0.4) is 0 Å². The lowest BCUT2D eigenvalue weighted by atomic mass is 10.1. The molecule has 0 unspecified atom stereocenters. The van der Waals surface area contributed by atoms with Crippen molar-refractivity contribution in [2.75, 3.05) is 24.5 Å². The highest BCUT2D eigenvalue weighted by Gasteiger charge is 2.12. The maximum Gasteiger partial charge on any atom is 0.0448 e.